The number of benzene rings is 1. The van der Waals surface area contributed by atoms with Crippen molar-refractivity contribution in [3.63, 3.8) is 0 Å². The van der Waals surface area contributed by atoms with Gasteiger partial charge in [0.15, 0.2) is 5.78 Å². The average molecular weight is 240 g/mol. The van der Waals surface area contributed by atoms with Crippen molar-refractivity contribution >= 4 is 39.9 Å². The van der Waals surface area contributed by atoms with Gasteiger partial charge in [-0.2, -0.15) is 0 Å². The second-order valence-electron chi connectivity index (χ2n) is 3.65. The van der Waals surface area contributed by atoms with E-state index in [4.69, 9.17) is 23.2 Å². The van der Waals surface area contributed by atoms with Crippen molar-refractivity contribution in [2.45, 2.75) is 13.0 Å². The fraction of sp³-hybridized carbons (Fsp3) is 0.182. The van der Waals surface area contributed by atoms with Crippen LogP contribution in [0.25, 0.3) is 10.9 Å². The highest BCUT2D eigenvalue weighted by Crippen LogP contribution is 2.34. The maximum atomic E-state index is 11.5. The maximum Gasteiger partial charge on any atom is 0.181 e. The van der Waals surface area contributed by atoms with Crippen LogP contribution in [-0.4, -0.2) is 10.4 Å². The van der Waals surface area contributed by atoms with Crippen molar-refractivity contribution in [3.8, 4) is 0 Å². The Kier molecular flexibility index (Phi) is 1.85. The topological polar surface area (TPSA) is 22.0 Å². The third kappa shape index (κ3) is 1.15. The van der Waals surface area contributed by atoms with Crippen LogP contribution < -0.4 is 0 Å². The molecule has 0 unspecified atom stereocenters. The lowest BCUT2D eigenvalue weighted by atomic mass is 10.2. The summed E-state index contributed by atoms with van der Waals surface area (Å²) in [6.07, 6.45) is 0.589. The summed E-state index contributed by atoms with van der Waals surface area (Å²) in [5.74, 6) is 0.179. The summed E-state index contributed by atoms with van der Waals surface area (Å²) in [6.45, 7) is 0.746. The molecule has 2 aromatic rings. The van der Waals surface area contributed by atoms with Crippen molar-refractivity contribution in [1.82, 2.24) is 4.57 Å². The molecule has 0 saturated carbocycles. The first-order valence-electron chi connectivity index (χ1n) is 4.69. The lowest BCUT2D eigenvalue weighted by molar-refractivity contribution is 0.0994. The van der Waals surface area contributed by atoms with E-state index in [2.05, 4.69) is 0 Å². The van der Waals surface area contributed by atoms with Crippen LogP contribution in [0.4, 0.5) is 0 Å². The number of Topliss-reactive ketones (excluding diaryl/α,β-unsaturated/α-hetero) is 1. The monoisotopic (exact) mass is 239 g/mol. The van der Waals surface area contributed by atoms with Gasteiger partial charge >= 0.3 is 0 Å². The van der Waals surface area contributed by atoms with E-state index in [1.807, 2.05) is 16.7 Å². The summed E-state index contributed by atoms with van der Waals surface area (Å²) in [5.41, 5.74) is 1.74. The van der Waals surface area contributed by atoms with Crippen molar-refractivity contribution in [2.24, 2.45) is 0 Å². The largest absolute Gasteiger partial charge is 0.338 e. The molecule has 0 amide bonds. The number of nitrogens with zero attached hydrogens (tertiary/aromatic N) is 1. The van der Waals surface area contributed by atoms with E-state index >= 15 is 0 Å². The van der Waals surface area contributed by atoms with Crippen LogP contribution in [-0.2, 0) is 6.54 Å². The van der Waals surface area contributed by atoms with E-state index in [1.54, 1.807) is 6.07 Å². The van der Waals surface area contributed by atoms with Gasteiger partial charge in [-0.25, -0.2) is 0 Å². The molecule has 1 aliphatic heterocycles. The van der Waals surface area contributed by atoms with Crippen molar-refractivity contribution in [2.75, 3.05) is 0 Å². The predicted molar refractivity (Wildman–Crippen MR) is 60.9 cm³/mol. The van der Waals surface area contributed by atoms with Gasteiger partial charge in [0, 0.05) is 18.4 Å². The number of aryl methyl sites for hydroxylation is 1. The average Bonchev–Trinajstić information content (AvgIpc) is 2.74. The number of carbonyl (C=O) groups is 1. The number of fused-ring (bicyclic) bond motifs is 3. The van der Waals surface area contributed by atoms with Gasteiger partial charge in [-0.1, -0.05) is 23.2 Å². The number of halogens is 2. The molecule has 2 heterocycles. The van der Waals surface area contributed by atoms with Crippen molar-refractivity contribution < 1.29 is 4.79 Å². The Morgan fingerprint density at radius 3 is 2.87 bits per heavy atom. The lowest BCUT2D eigenvalue weighted by Gasteiger charge is -2.01. The van der Waals surface area contributed by atoms with Crippen LogP contribution in [0, 0.1) is 0 Å². The summed E-state index contributed by atoms with van der Waals surface area (Å²) < 4.78 is 2.00. The normalized spacial score (nSPS) is 14.9. The molecule has 76 valence electrons. The molecule has 1 aliphatic rings. The minimum Gasteiger partial charge on any atom is -0.338 e. The number of ketones is 1. The minimum atomic E-state index is 0.179. The molecule has 0 fully saturated rings. The molecule has 0 N–H and O–H groups in total. The van der Waals surface area contributed by atoms with E-state index in [0.29, 0.717) is 16.5 Å². The molecule has 1 aromatic carbocycles. The molecule has 1 aromatic heterocycles. The third-order valence-corrected chi connectivity index (χ3v) is 3.64. The zero-order chi connectivity index (χ0) is 10.6. The highest BCUT2D eigenvalue weighted by atomic mass is 35.5. The van der Waals surface area contributed by atoms with E-state index in [1.165, 1.54) is 0 Å². The number of aromatic nitrogens is 1. The molecule has 2 nitrogen and oxygen atoms in total. The quantitative estimate of drug-likeness (QED) is 0.690. The zero-order valence-corrected chi connectivity index (χ0v) is 9.27. The van der Waals surface area contributed by atoms with E-state index < -0.39 is 0 Å². The van der Waals surface area contributed by atoms with Crippen molar-refractivity contribution in [3.05, 3.63) is 33.9 Å². The predicted octanol–water partition coefficient (Wildman–Crippen LogP) is 3.53. The van der Waals surface area contributed by atoms with Gasteiger partial charge in [0.05, 0.1) is 21.3 Å². The van der Waals surface area contributed by atoms with Crippen LogP contribution in [0.2, 0.25) is 10.0 Å². The standard InChI is InChI=1S/C11H7Cl2NO/c12-7-1-2-8-6(11(7)13)5-9-10(15)3-4-14(8)9/h1-2,5H,3-4H2. The van der Waals surface area contributed by atoms with E-state index in [9.17, 15) is 4.79 Å². The summed E-state index contributed by atoms with van der Waals surface area (Å²) in [4.78, 5) is 11.5. The molecule has 0 saturated heterocycles. The molecule has 0 radical (unpaired) electrons. The minimum absolute atomic E-state index is 0.179. The third-order valence-electron chi connectivity index (χ3n) is 2.82. The summed E-state index contributed by atoms with van der Waals surface area (Å²) >= 11 is 12.0. The Morgan fingerprint density at radius 1 is 1.27 bits per heavy atom. The smallest absolute Gasteiger partial charge is 0.181 e. The lowest BCUT2D eigenvalue weighted by Crippen LogP contribution is -1.91. The molecule has 0 atom stereocenters. The number of rotatable bonds is 0. The Bertz CT molecular complexity index is 586. The molecule has 15 heavy (non-hydrogen) atoms. The fourth-order valence-electron chi connectivity index (χ4n) is 2.09. The van der Waals surface area contributed by atoms with Gasteiger partial charge in [0.1, 0.15) is 0 Å². The molecular weight excluding hydrogens is 233 g/mol. The van der Waals surface area contributed by atoms with Gasteiger partial charge < -0.3 is 4.57 Å². The first-order valence-corrected chi connectivity index (χ1v) is 5.44. The SMILES string of the molecule is O=C1CCn2c1cc1c(Cl)c(Cl)ccc12. The Morgan fingerprint density at radius 2 is 2.07 bits per heavy atom. The van der Waals surface area contributed by atoms with Gasteiger partial charge in [-0.15, -0.1) is 0 Å². The zero-order valence-electron chi connectivity index (χ0n) is 7.76. The Labute approximate surface area is 96.4 Å². The fourth-order valence-corrected chi connectivity index (χ4v) is 2.47. The first kappa shape index (κ1) is 9.25. The second-order valence-corrected chi connectivity index (χ2v) is 4.43. The van der Waals surface area contributed by atoms with Gasteiger partial charge in [0.25, 0.3) is 0 Å². The summed E-state index contributed by atoms with van der Waals surface area (Å²) in [6, 6.07) is 5.51. The van der Waals surface area contributed by atoms with Gasteiger partial charge in [0.2, 0.25) is 0 Å². The maximum absolute atomic E-state index is 11.5. The summed E-state index contributed by atoms with van der Waals surface area (Å²) in [5, 5.41) is 1.93. The Hall–Kier alpha value is -0.990. The van der Waals surface area contributed by atoms with Crippen LogP contribution in [0.5, 0.6) is 0 Å². The molecule has 0 spiro atoms. The van der Waals surface area contributed by atoms with E-state index in [0.717, 1.165) is 23.1 Å². The summed E-state index contributed by atoms with van der Waals surface area (Å²) in [7, 11) is 0. The highest BCUT2D eigenvalue weighted by molar-refractivity contribution is 6.45. The van der Waals surface area contributed by atoms with Crippen LogP contribution in [0.1, 0.15) is 16.9 Å². The second kappa shape index (κ2) is 3.00. The van der Waals surface area contributed by atoms with Crippen LogP contribution in [0.3, 0.4) is 0 Å². The number of hydrogen-bond donors (Lipinski definition) is 0. The van der Waals surface area contributed by atoms with E-state index in [-0.39, 0.29) is 5.78 Å². The molecule has 0 aliphatic carbocycles. The molecule has 3 rings (SSSR count). The number of hydrogen-bond acceptors (Lipinski definition) is 1. The van der Waals surface area contributed by atoms with Crippen molar-refractivity contribution in [1.29, 1.82) is 0 Å². The molecular formula is C11H7Cl2NO. The van der Waals surface area contributed by atoms with Crippen LogP contribution in [0.15, 0.2) is 18.2 Å². The first-order chi connectivity index (χ1) is 7.18. The molecule has 4 heteroatoms. The van der Waals surface area contributed by atoms with Gasteiger partial charge in [-0.05, 0) is 18.2 Å². The number of carbonyl (C=O) groups excluding carboxylic acids is 1. The molecule has 0 bridgehead atoms. The van der Waals surface area contributed by atoms with Crippen LogP contribution >= 0.6 is 23.2 Å². The van der Waals surface area contributed by atoms with Gasteiger partial charge in [-0.3, -0.25) is 4.79 Å². The highest BCUT2D eigenvalue weighted by Gasteiger charge is 2.23. The Balaban J connectivity index is 2.44.